The van der Waals surface area contributed by atoms with Crippen LogP contribution in [0.15, 0.2) is 42.5 Å². The molecule has 3 rings (SSSR count). The van der Waals surface area contributed by atoms with Gasteiger partial charge in [-0.2, -0.15) is 0 Å². The zero-order chi connectivity index (χ0) is 17.8. The average molecular weight is 341 g/mol. The van der Waals surface area contributed by atoms with Crippen LogP contribution < -0.4 is 14.8 Å². The molecule has 130 valence electrons. The number of nitrogens with one attached hydrogen (secondary N) is 1. The Morgan fingerprint density at radius 1 is 1.08 bits per heavy atom. The molecule has 1 amide bonds. The highest BCUT2D eigenvalue weighted by atomic mass is 16.7. The highest BCUT2D eigenvalue weighted by Gasteiger charge is 2.15. The van der Waals surface area contributed by atoms with E-state index in [0.29, 0.717) is 23.6 Å². The number of hydrogen-bond acceptors (Lipinski definition) is 4. The van der Waals surface area contributed by atoms with Gasteiger partial charge in [-0.3, -0.25) is 9.59 Å². The van der Waals surface area contributed by atoms with Crippen molar-refractivity contribution in [3.05, 3.63) is 53.6 Å². The molecule has 2 aromatic rings. The first kappa shape index (κ1) is 16.8. The Morgan fingerprint density at radius 3 is 2.48 bits per heavy atom. The van der Waals surface area contributed by atoms with Crippen molar-refractivity contribution in [3.63, 3.8) is 0 Å². The number of carboxylic acid groups (broad SMARTS) is 1. The first-order valence-corrected chi connectivity index (χ1v) is 8.01. The molecule has 1 aliphatic rings. The van der Waals surface area contributed by atoms with Crippen LogP contribution in [0.2, 0.25) is 0 Å². The molecule has 0 aromatic heterocycles. The third-order valence-electron chi connectivity index (χ3n) is 4.00. The van der Waals surface area contributed by atoms with E-state index in [1.807, 2.05) is 18.2 Å². The van der Waals surface area contributed by atoms with Gasteiger partial charge in [0.05, 0.1) is 12.3 Å². The van der Waals surface area contributed by atoms with Crippen molar-refractivity contribution in [3.8, 4) is 11.5 Å². The van der Waals surface area contributed by atoms with E-state index in [0.717, 1.165) is 11.1 Å². The Hall–Kier alpha value is -3.02. The number of fused-ring (bicyclic) bond motifs is 1. The molecule has 2 N–H and O–H groups in total. The minimum absolute atomic E-state index is 0.134. The van der Waals surface area contributed by atoms with Crippen molar-refractivity contribution < 1.29 is 24.2 Å². The van der Waals surface area contributed by atoms with Gasteiger partial charge >= 0.3 is 5.97 Å². The lowest BCUT2D eigenvalue weighted by molar-refractivity contribution is -0.141. The van der Waals surface area contributed by atoms with E-state index >= 15 is 0 Å². The summed E-state index contributed by atoms with van der Waals surface area (Å²) in [4.78, 5) is 23.1. The zero-order valence-electron chi connectivity index (χ0n) is 13.8. The fraction of sp³-hybridized carbons (Fsp3) is 0.263. The summed E-state index contributed by atoms with van der Waals surface area (Å²) in [5.41, 5.74) is 2.44. The highest BCUT2D eigenvalue weighted by Crippen LogP contribution is 2.32. The second-order valence-electron chi connectivity index (χ2n) is 6.05. The van der Waals surface area contributed by atoms with E-state index in [2.05, 4.69) is 5.32 Å². The summed E-state index contributed by atoms with van der Waals surface area (Å²) in [6.45, 7) is 1.88. The normalized spacial score (nSPS) is 13.3. The van der Waals surface area contributed by atoms with Gasteiger partial charge in [0.15, 0.2) is 11.5 Å². The molecule has 0 aliphatic carbocycles. The Labute approximate surface area is 145 Å². The fourth-order valence-corrected chi connectivity index (χ4v) is 2.61. The number of carbonyl (C=O) groups is 2. The third kappa shape index (κ3) is 4.29. The van der Waals surface area contributed by atoms with Crippen LogP contribution in [-0.2, 0) is 22.4 Å². The number of anilines is 1. The number of amides is 1. The van der Waals surface area contributed by atoms with Gasteiger partial charge in [-0.25, -0.2) is 0 Å². The quantitative estimate of drug-likeness (QED) is 0.844. The van der Waals surface area contributed by atoms with Crippen molar-refractivity contribution in [2.24, 2.45) is 5.92 Å². The van der Waals surface area contributed by atoms with Gasteiger partial charge in [0, 0.05) is 5.69 Å². The van der Waals surface area contributed by atoms with Crippen molar-refractivity contribution in [2.45, 2.75) is 19.8 Å². The molecular formula is C19H19NO5. The van der Waals surface area contributed by atoms with Gasteiger partial charge in [0.25, 0.3) is 0 Å². The largest absolute Gasteiger partial charge is 0.481 e. The molecule has 25 heavy (non-hydrogen) atoms. The molecular weight excluding hydrogens is 322 g/mol. The summed E-state index contributed by atoms with van der Waals surface area (Å²) >= 11 is 0. The predicted octanol–water partition coefficient (Wildman–Crippen LogP) is 2.86. The van der Waals surface area contributed by atoms with Crippen LogP contribution in [0.3, 0.4) is 0 Å². The lowest BCUT2D eigenvalue weighted by Crippen LogP contribution is -2.14. The monoisotopic (exact) mass is 341 g/mol. The third-order valence-corrected chi connectivity index (χ3v) is 4.00. The van der Waals surface area contributed by atoms with E-state index in [1.54, 1.807) is 31.2 Å². The van der Waals surface area contributed by atoms with E-state index in [9.17, 15) is 9.59 Å². The molecule has 1 aliphatic heterocycles. The zero-order valence-corrected chi connectivity index (χ0v) is 13.8. The number of benzene rings is 2. The number of aliphatic carboxylic acids is 1. The highest BCUT2D eigenvalue weighted by molar-refractivity contribution is 5.92. The Morgan fingerprint density at radius 2 is 1.76 bits per heavy atom. The molecule has 0 fully saturated rings. The Bertz CT molecular complexity index is 785. The Kier molecular flexibility index (Phi) is 4.88. The van der Waals surface area contributed by atoms with Crippen LogP contribution in [0, 0.1) is 5.92 Å². The first-order chi connectivity index (χ1) is 12.0. The molecule has 1 atom stereocenters. The maximum Gasteiger partial charge on any atom is 0.306 e. The minimum atomic E-state index is -0.818. The molecule has 0 spiro atoms. The smallest absolute Gasteiger partial charge is 0.306 e. The lowest BCUT2D eigenvalue weighted by Gasteiger charge is -2.09. The molecule has 0 unspecified atom stereocenters. The summed E-state index contributed by atoms with van der Waals surface area (Å²) in [5, 5.41) is 11.8. The van der Waals surface area contributed by atoms with Gasteiger partial charge in [-0.1, -0.05) is 25.1 Å². The summed E-state index contributed by atoms with van der Waals surface area (Å²) < 4.78 is 10.6. The SMILES string of the molecule is C[C@@H](Cc1ccc(NC(=O)Cc2ccc3c(c2)OCO3)cc1)C(=O)O. The number of rotatable bonds is 6. The van der Waals surface area contributed by atoms with Crippen LogP contribution >= 0.6 is 0 Å². The molecule has 2 aromatic carbocycles. The topological polar surface area (TPSA) is 84.9 Å². The van der Waals surface area contributed by atoms with Crippen LogP contribution in [0.5, 0.6) is 11.5 Å². The molecule has 6 heteroatoms. The maximum absolute atomic E-state index is 12.2. The second kappa shape index (κ2) is 7.25. The molecule has 0 saturated heterocycles. The second-order valence-corrected chi connectivity index (χ2v) is 6.05. The summed E-state index contributed by atoms with van der Waals surface area (Å²) in [7, 11) is 0. The van der Waals surface area contributed by atoms with Gasteiger partial charge in [-0.15, -0.1) is 0 Å². The van der Waals surface area contributed by atoms with Gasteiger partial charge in [0.1, 0.15) is 0 Å². The number of ether oxygens (including phenoxy) is 2. The van der Waals surface area contributed by atoms with E-state index < -0.39 is 11.9 Å². The van der Waals surface area contributed by atoms with Crippen molar-refractivity contribution in [1.29, 1.82) is 0 Å². The van der Waals surface area contributed by atoms with Crippen molar-refractivity contribution in [2.75, 3.05) is 12.1 Å². The number of hydrogen-bond donors (Lipinski definition) is 2. The van der Waals surface area contributed by atoms with Crippen molar-refractivity contribution >= 4 is 17.6 Å². The van der Waals surface area contributed by atoms with E-state index in [1.165, 1.54) is 0 Å². The first-order valence-electron chi connectivity index (χ1n) is 8.01. The van der Waals surface area contributed by atoms with E-state index in [4.69, 9.17) is 14.6 Å². The average Bonchev–Trinajstić information content (AvgIpc) is 3.04. The van der Waals surface area contributed by atoms with Crippen LogP contribution in [0.1, 0.15) is 18.1 Å². The van der Waals surface area contributed by atoms with Gasteiger partial charge in [0.2, 0.25) is 12.7 Å². The summed E-state index contributed by atoms with van der Waals surface area (Å²) in [5.74, 6) is -0.0457. The molecule has 1 heterocycles. The van der Waals surface area contributed by atoms with Crippen LogP contribution in [0.25, 0.3) is 0 Å². The summed E-state index contributed by atoms with van der Waals surface area (Å²) in [6, 6.07) is 12.7. The fourth-order valence-electron chi connectivity index (χ4n) is 2.61. The number of carboxylic acids is 1. The molecule has 0 saturated carbocycles. The van der Waals surface area contributed by atoms with Crippen LogP contribution in [0.4, 0.5) is 5.69 Å². The number of carbonyl (C=O) groups excluding carboxylic acids is 1. The standard InChI is InChI=1S/C19H19NO5/c1-12(19(22)23)8-13-2-5-15(6-3-13)20-18(21)10-14-4-7-16-17(9-14)25-11-24-16/h2-7,9,12H,8,10-11H2,1H3,(H,20,21)(H,22,23)/t12-/m0/s1. The lowest BCUT2D eigenvalue weighted by atomic mass is 10.0. The predicted molar refractivity (Wildman–Crippen MR) is 91.8 cm³/mol. The molecule has 6 nitrogen and oxygen atoms in total. The Balaban J connectivity index is 1.56. The van der Waals surface area contributed by atoms with E-state index in [-0.39, 0.29) is 19.1 Å². The van der Waals surface area contributed by atoms with Gasteiger partial charge in [-0.05, 0) is 41.8 Å². The summed E-state index contributed by atoms with van der Waals surface area (Å²) in [6.07, 6.45) is 0.690. The van der Waals surface area contributed by atoms with Gasteiger partial charge < -0.3 is 19.9 Å². The van der Waals surface area contributed by atoms with Crippen molar-refractivity contribution in [1.82, 2.24) is 0 Å². The van der Waals surface area contributed by atoms with Crippen LogP contribution in [-0.4, -0.2) is 23.8 Å². The molecule has 0 bridgehead atoms. The molecule has 0 radical (unpaired) electrons. The maximum atomic E-state index is 12.2. The minimum Gasteiger partial charge on any atom is -0.481 e.